The normalized spacial score (nSPS) is 15.9. The third-order valence-electron chi connectivity index (χ3n) is 4.49. The fourth-order valence-corrected chi connectivity index (χ4v) is 3.18. The molecule has 1 aliphatic rings. The van der Waals surface area contributed by atoms with Gasteiger partial charge in [-0.3, -0.25) is 4.79 Å². The Hall–Kier alpha value is -2.75. The van der Waals surface area contributed by atoms with Crippen molar-refractivity contribution in [1.82, 2.24) is 20.3 Å². The summed E-state index contributed by atoms with van der Waals surface area (Å²) < 4.78 is 0.545. The summed E-state index contributed by atoms with van der Waals surface area (Å²) in [5.74, 6) is 0.0337. The van der Waals surface area contributed by atoms with Gasteiger partial charge in [-0.15, -0.1) is 0 Å². The largest absolute Gasteiger partial charge is 0.465 e. The third kappa shape index (κ3) is 4.70. The molecule has 3 heterocycles. The molecule has 10 heteroatoms. The van der Waals surface area contributed by atoms with Crippen LogP contribution >= 0.6 is 15.9 Å². The molecular formula is C17H19BrN6O3. The van der Waals surface area contributed by atoms with Crippen molar-refractivity contribution >= 4 is 39.4 Å². The fourth-order valence-electron chi connectivity index (χ4n) is 2.97. The number of anilines is 2. The van der Waals surface area contributed by atoms with E-state index in [1.54, 1.807) is 12.3 Å². The van der Waals surface area contributed by atoms with Gasteiger partial charge in [0.2, 0.25) is 0 Å². The van der Waals surface area contributed by atoms with Gasteiger partial charge in [0.15, 0.2) is 5.82 Å². The van der Waals surface area contributed by atoms with Gasteiger partial charge in [-0.2, -0.15) is 0 Å². The molecular weight excluding hydrogens is 416 g/mol. The molecule has 0 radical (unpaired) electrons. The molecule has 0 aliphatic carbocycles. The highest BCUT2D eigenvalue weighted by Gasteiger charge is 2.32. The van der Waals surface area contributed by atoms with Gasteiger partial charge in [0.25, 0.3) is 5.91 Å². The minimum Gasteiger partial charge on any atom is -0.465 e. The Balaban J connectivity index is 1.72. The quantitative estimate of drug-likeness (QED) is 0.675. The molecule has 142 valence electrons. The van der Waals surface area contributed by atoms with Crippen LogP contribution in [-0.2, 0) is 0 Å². The smallest absolute Gasteiger partial charge is 0.405 e. The standard InChI is InChI=1S/C17H19BrN6O3/c1-17(23-16(26)27)4-7-24(8-5-17)12-3-2-6-19-14(12)22-15(25)11-9-21-13(18)10-20-11/h2-3,6,9-10,23H,4-5,7-8H2,1H3,(H,26,27)(H,19,22,25). The number of amides is 2. The summed E-state index contributed by atoms with van der Waals surface area (Å²) in [6.07, 6.45) is 4.73. The van der Waals surface area contributed by atoms with Crippen molar-refractivity contribution in [3.63, 3.8) is 0 Å². The zero-order valence-electron chi connectivity index (χ0n) is 14.6. The number of nitrogens with zero attached hydrogens (tertiary/aromatic N) is 4. The van der Waals surface area contributed by atoms with Gasteiger partial charge in [-0.25, -0.2) is 19.7 Å². The van der Waals surface area contributed by atoms with Crippen LogP contribution in [0.2, 0.25) is 0 Å². The number of carboxylic acid groups (broad SMARTS) is 1. The number of piperidine rings is 1. The summed E-state index contributed by atoms with van der Waals surface area (Å²) in [5, 5.41) is 14.4. The van der Waals surface area contributed by atoms with E-state index in [0.29, 0.717) is 36.4 Å². The van der Waals surface area contributed by atoms with Crippen LogP contribution in [0.4, 0.5) is 16.3 Å². The first kappa shape index (κ1) is 19.0. The number of rotatable bonds is 4. The predicted octanol–water partition coefficient (Wildman–Crippen LogP) is 2.51. The van der Waals surface area contributed by atoms with Crippen molar-refractivity contribution in [3.8, 4) is 0 Å². The zero-order valence-corrected chi connectivity index (χ0v) is 16.2. The van der Waals surface area contributed by atoms with Gasteiger partial charge in [-0.05, 0) is 47.8 Å². The van der Waals surface area contributed by atoms with Crippen LogP contribution in [0.3, 0.4) is 0 Å². The topological polar surface area (TPSA) is 120 Å². The molecule has 2 amide bonds. The van der Waals surface area contributed by atoms with Crippen LogP contribution in [0, 0.1) is 0 Å². The number of carbonyl (C=O) groups excluding carboxylic acids is 1. The molecule has 0 saturated carbocycles. The van der Waals surface area contributed by atoms with E-state index in [1.807, 2.05) is 13.0 Å². The van der Waals surface area contributed by atoms with Crippen LogP contribution < -0.4 is 15.5 Å². The van der Waals surface area contributed by atoms with E-state index in [9.17, 15) is 9.59 Å². The van der Waals surface area contributed by atoms with Gasteiger partial charge >= 0.3 is 6.09 Å². The average Bonchev–Trinajstić information content (AvgIpc) is 2.62. The molecule has 9 nitrogen and oxygen atoms in total. The van der Waals surface area contributed by atoms with Gasteiger partial charge in [0.1, 0.15) is 10.3 Å². The highest BCUT2D eigenvalue weighted by atomic mass is 79.9. The molecule has 2 aromatic rings. The molecule has 0 aromatic carbocycles. The van der Waals surface area contributed by atoms with Gasteiger partial charge < -0.3 is 20.6 Å². The Kier molecular flexibility index (Phi) is 5.54. The lowest BCUT2D eigenvalue weighted by molar-refractivity contribution is 0.102. The SMILES string of the molecule is CC1(NC(=O)O)CCN(c2cccnc2NC(=O)c2cnc(Br)cn2)CC1. The Labute approximate surface area is 164 Å². The lowest BCUT2D eigenvalue weighted by atomic mass is 9.89. The number of halogens is 1. The maximum absolute atomic E-state index is 12.4. The number of hydrogen-bond acceptors (Lipinski definition) is 6. The maximum atomic E-state index is 12.4. The highest BCUT2D eigenvalue weighted by molar-refractivity contribution is 9.10. The summed E-state index contributed by atoms with van der Waals surface area (Å²) in [4.78, 5) is 37.8. The molecule has 1 saturated heterocycles. The summed E-state index contributed by atoms with van der Waals surface area (Å²) in [7, 11) is 0. The summed E-state index contributed by atoms with van der Waals surface area (Å²) in [6, 6.07) is 3.68. The summed E-state index contributed by atoms with van der Waals surface area (Å²) >= 11 is 3.18. The number of nitrogens with one attached hydrogen (secondary N) is 2. The van der Waals surface area contributed by atoms with Crippen LogP contribution in [0.25, 0.3) is 0 Å². The molecule has 27 heavy (non-hydrogen) atoms. The second kappa shape index (κ2) is 7.87. The van der Waals surface area contributed by atoms with E-state index in [0.717, 1.165) is 5.69 Å². The maximum Gasteiger partial charge on any atom is 0.405 e. The predicted molar refractivity (Wildman–Crippen MR) is 103 cm³/mol. The lowest BCUT2D eigenvalue weighted by Gasteiger charge is -2.40. The first-order valence-electron chi connectivity index (χ1n) is 8.36. The number of aromatic nitrogens is 3. The van der Waals surface area contributed by atoms with Crippen LogP contribution in [0.15, 0.2) is 35.3 Å². The number of carbonyl (C=O) groups is 2. The molecule has 0 bridgehead atoms. The first-order chi connectivity index (χ1) is 12.9. The Morgan fingerprint density at radius 2 is 1.96 bits per heavy atom. The van der Waals surface area contributed by atoms with E-state index >= 15 is 0 Å². The van der Waals surface area contributed by atoms with Crippen molar-refractivity contribution in [2.75, 3.05) is 23.3 Å². The second-order valence-electron chi connectivity index (χ2n) is 6.53. The third-order valence-corrected chi connectivity index (χ3v) is 4.90. The molecule has 1 fully saturated rings. The molecule has 0 unspecified atom stereocenters. The summed E-state index contributed by atoms with van der Waals surface area (Å²) in [6.45, 7) is 3.18. The molecule has 3 N–H and O–H groups in total. The number of pyridine rings is 1. The molecule has 0 atom stereocenters. The second-order valence-corrected chi connectivity index (χ2v) is 7.34. The minimum absolute atomic E-state index is 0.187. The Morgan fingerprint density at radius 1 is 1.22 bits per heavy atom. The summed E-state index contributed by atoms with van der Waals surface area (Å²) in [5.41, 5.74) is 0.515. The minimum atomic E-state index is -1.02. The van der Waals surface area contributed by atoms with E-state index in [-0.39, 0.29) is 5.69 Å². The lowest BCUT2D eigenvalue weighted by Crippen LogP contribution is -2.53. The average molecular weight is 435 g/mol. The van der Waals surface area contributed by atoms with E-state index in [4.69, 9.17) is 5.11 Å². The molecule has 2 aromatic heterocycles. The molecule has 3 rings (SSSR count). The molecule has 1 aliphatic heterocycles. The van der Waals surface area contributed by atoms with Crippen LogP contribution in [0.1, 0.15) is 30.3 Å². The van der Waals surface area contributed by atoms with Crippen LogP contribution in [-0.4, -0.2) is 50.7 Å². The zero-order chi connectivity index (χ0) is 19.4. The van der Waals surface area contributed by atoms with Crippen LogP contribution in [0.5, 0.6) is 0 Å². The van der Waals surface area contributed by atoms with E-state index < -0.39 is 17.5 Å². The first-order valence-corrected chi connectivity index (χ1v) is 9.16. The van der Waals surface area contributed by atoms with Crippen molar-refractivity contribution in [3.05, 3.63) is 41.0 Å². The van der Waals surface area contributed by atoms with Crippen molar-refractivity contribution in [2.45, 2.75) is 25.3 Å². The fraction of sp³-hybridized carbons (Fsp3) is 0.353. The molecule has 0 spiro atoms. The van der Waals surface area contributed by atoms with Crippen molar-refractivity contribution in [1.29, 1.82) is 0 Å². The van der Waals surface area contributed by atoms with Gasteiger partial charge in [0.05, 0.1) is 18.1 Å². The van der Waals surface area contributed by atoms with E-state index in [1.165, 1.54) is 12.4 Å². The Morgan fingerprint density at radius 3 is 2.59 bits per heavy atom. The van der Waals surface area contributed by atoms with Gasteiger partial charge in [-0.1, -0.05) is 0 Å². The highest BCUT2D eigenvalue weighted by Crippen LogP contribution is 2.30. The van der Waals surface area contributed by atoms with E-state index in [2.05, 4.69) is 46.4 Å². The Bertz CT molecular complexity index is 837. The van der Waals surface area contributed by atoms with Gasteiger partial charge in [0, 0.05) is 24.8 Å². The monoisotopic (exact) mass is 434 g/mol. The van der Waals surface area contributed by atoms with Crippen molar-refractivity contribution in [2.24, 2.45) is 0 Å². The number of hydrogen-bond donors (Lipinski definition) is 3. The van der Waals surface area contributed by atoms with Crippen molar-refractivity contribution < 1.29 is 14.7 Å².